The largest absolute Gasteiger partial charge is 0.512 e. The van der Waals surface area contributed by atoms with Crippen molar-refractivity contribution in [2.45, 2.75) is 64.3 Å². The van der Waals surface area contributed by atoms with E-state index < -0.39 is 30.4 Å². The van der Waals surface area contributed by atoms with Gasteiger partial charge in [-0.15, -0.1) is 0 Å². The fourth-order valence-corrected chi connectivity index (χ4v) is 2.64. The molecule has 8 heteroatoms. The highest BCUT2D eigenvalue weighted by Gasteiger charge is 2.35. The Morgan fingerprint density at radius 3 is 2.48 bits per heavy atom. The lowest BCUT2D eigenvalue weighted by molar-refractivity contribution is -0.178. The van der Waals surface area contributed by atoms with E-state index in [0.717, 1.165) is 25.7 Å². The van der Waals surface area contributed by atoms with Crippen LogP contribution in [0.4, 0.5) is 4.79 Å². The second-order valence-electron chi connectivity index (χ2n) is 5.73. The molecule has 2 rings (SSSR count). The zero-order chi connectivity index (χ0) is 16.8. The maximum absolute atomic E-state index is 12.0. The van der Waals surface area contributed by atoms with Gasteiger partial charge in [0.15, 0.2) is 6.10 Å². The molecule has 0 spiro atoms. The van der Waals surface area contributed by atoms with Crippen LogP contribution in [0.5, 0.6) is 0 Å². The van der Waals surface area contributed by atoms with Crippen LogP contribution < -0.4 is 5.32 Å². The standard InChI is InChI=1S/C15H21NO7/c1-2-5-12(22-14(19)9-6-3-4-7-9)23-15(20)21-10-8-11(17)16-13(10)18/h9-10,12H,2-8H2,1H3,(H,16,17,18). The number of esters is 1. The molecule has 0 aromatic rings. The predicted octanol–water partition coefficient (Wildman–Crippen LogP) is 1.41. The molecule has 2 unspecified atom stereocenters. The summed E-state index contributed by atoms with van der Waals surface area (Å²) in [6.45, 7) is 1.86. The second kappa shape index (κ2) is 7.94. The quantitative estimate of drug-likeness (QED) is 0.446. The first-order chi connectivity index (χ1) is 11.0. The third-order valence-corrected chi connectivity index (χ3v) is 3.85. The van der Waals surface area contributed by atoms with Crippen LogP contribution in [0, 0.1) is 5.92 Å². The summed E-state index contributed by atoms with van der Waals surface area (Å²) < 4.78 is 15.0. The first-order valence-electron chi connectivity index (χ1n) is 7.91. The molecule has 2 atom stereocenters. The summed E-state index contributed by atoms with van der Waals surface area (Å²) in [4.78, 5) is 46.1. The maximum atomic E-state index is 12.0. The summed E-state index contributed by atoms with van der Waals surface area (Å²) in [5, 5.41) is 2.02. The molecule has 2 amide bonds. The van der Waals surface area contributed by atoms with Gasteiger partial charge in [0.25, 0.3) is 12.2 Å². The van der Waals surface area contributed by atoms with E-state index in [4.69, 9.17) is 14.2 Å². The molecule has 0 aromatic heterocycles. The lowest BCUT2D eigenvalue weighted by atomic mass is 10.1. The molecule has 2 aliphatic rings. The van der Waals surface area contributed by atoms with Gasteiger partial charge in [0.1, 0.15) is 0 Å². The molecule has 1 heterocycles. The topological polar surface area (TPSA) is 108 Å². The van der Waals surface area contributed by atoms with Gasteiger partial charge < -0.3 is 14.2 Å². The Bertz CT molecular complexity index is 484. The summed E-state index contributed by atoms with van der Waals surface area (Å²) in [6, 6.07) is 0. The van der Waals surface area contributed by atoms with E-state index in [9.17, 15) is 19.2 Å². The Kier molecular flexibility index (Phi) is 5.95. The second-order valence-corrected chi connectivity index (χ2v) is 5.73. The van der Waals surface area contributed by atoms with E-state index in [1.807, 2.05) is 12.2 Å². The highest BCUT2D eigenvalue weighted by molar-refractivity contribution is 6.05. The molecule has 128 valence electrons. The minimum absolute atomic E-state index is 0.146. The van der Waals surface area contributed by atoms with E-state index in [2.05, 4.69) is 0 Å². The van der Waals surface area contributed by atoms with Gasteiger partial charge in [-0.05, 0) is 19.3 Å². The summed E-state index contributed by atoms with van der Waals surface area (Å²) in [7, 11) is 0. The number of amides is 2. The van der Waals surface area contributed by atoms with Crippen molar-refractivity contribution in [2.75, 3.05) is 0 Å². The van der Waals surface area contributed by atoms with Gasteiger partial charge in [0, 0.05) is 6.42 Å². The molecular formula is C15H21NO7. The maximum Gasteiger partial charge on any atom is 0.512 e. The van der Waals surface area contributed by atoms with Gasteiger partial charge >= 0.3 is 12.1 Å². The third kappa shape index (κ3) is 4.94. The minimum Gasteiger partial charge on any atom is -0.425 e. The highest BCUT2D eigenvalue weighted by atomic mass is 16.8. The van der Waals surface area contributed by atoms with Gasteiger partial charge in [-0.25, -0.2) is 4.79 Å². The summed E-state index contributed by atoms with van der Waals surface area (Å²) in [5.41, 5.74) is 0. The van der Waals surface area contributed by atoms with Crippen molar-refractivity contribution in [3.8, 4) is 0 Å². The van der Waals surface area contributed by atoms with Crippen LogP contribution in [0.2, 0.25) is 0 Å². The Hall–Kier alpha value is -2.12. The fraction of sp³-hybridized carbons (Fsp3) is 0.733. The Balaban J connectivity index is 1.82. The lowest BCUT2D eigenvalue weighted by Crippen LogP contribution is -2.32. The summed E-state index contributed by atoms with van der Waals surface area (Å²) in [6.07, 6.45) is 0.938. The predicted molar refractivity (Wildman–Crippen MR) is 75.9 cm³/mol. The molecular weight excluding hydrogens is 306 g/mol. The smallest absolute Gasteiger partial charge is 0.425 e. The Morgan fingerprint density at radius 1 is 1.22 bits per heavy atom. The van der Waals surface area contributed by atoms with Crippen molar-refractivity contribution in [3.05, 3.63) is 0 Å². The van der Waals surface area contributed by atoms with E-state index in [1.165, 1.54) is 0 Å². The van der Waals surface area contributed by atoms with Crippen LogP contribution >= 0.6 is 0 Å². The Morgan fingerprint density at radius 2 is 1.91 bits per heavy atom. The number of carbonyl (C=O) groups is 4. The highest BCUT2D eigenvalue weighted by Crippen LogP contribution is 2.26. The van der Waals surface area contributed by atoms with E-state index in [-0.39, 0.29) is 18.3 Å². The first kappa shape index (κ1) is 17.2. The van der Waals surface area contributed by atoms with Gasteiger partial charge in [0.05, 0.1) is 12.3 Å². The van der Waals surface area contributed by atoms with Crippen LogP contribution in [0.1, 0.15) is 51.9 Å². The van der Waals surface area contributed by atoms with Crippen molar-refractivity contribution in [3.63, 3.8) is 0 Å². The fourth-order valence-electron chi connectivity index (χ4n) is 2.64. The summed E-state index contributed by atoms with van der Waals surface area (Å²) >= 11 is 0. The van der Waals surface area contributed by atoms with E-state index in [0.29, 0.717) is 12.8 Å². The van der Waals surface area contributed by atoms with Gasteiger partial charge in [-0.1, -0.05) is 19.8 Å². The monoisotopic (exact) mass is 327 g/mol. The first-order valence-corrected chi connectivity index (χ1v) is 7.91. The van der Waals surface area contributed by atoms with Crippen LogP contribution in [-0.2, 0) is 28.6 Å². The van der Waals surface area contributed by atoms with Crippen LogP contribution in [-0.4, -0.2) is 36.3 Å². The number of nitrogens with one attached hydrogen (secondary N) is 1. The minimum atomic E-state index is -1.19. The Labute approximate surface area is 133 Å². The van der Waals surface area contributed by atoms with Gasteiger partial charge in [-0.2, -0.15) is 0 Å². The SMILES string of the molecule is CCCC(OC(=O)OC1CC(=O)NC1=O)OC(=O)C1CCCC1. The molecule has 8 nitrogen and oxygen atoms in total. The lowest BCUT2D eigenvalue weighted by Gasteiger charge is -2.20. The van der Waals surface area contributed by atoms with Crippen molar-refractivity contribution in [1.82, 2.24) is 5.32 Å². The molecule has 1 N–H and O–H groups in total. The molecule has 0 bridgehead atoms. The molecule has 0 radical (unpaired) electrons. The number of rotatable bonds is 6. The van der Waals surface area contributed by atoms with Crippen LogP contribution in [0.15, 0.2) is 0 Å². The van der Waals surface area contributed by atoms with Gasteiger partial charge in [0.2, 0.25) is 5.91 Å². The number of imide groups is 1. The van der Waals surface area contributed by atoms with Crippen molar-refractivity contribution in [2.24, 2.45) is 5.92 Å². The molecule has 1 aliphatic carbocycles. The van der Waals surface area contributed by atoms with Crippen molar-refractivity contribution < 1.29 is 33.4 Å². The van der Waals surface area contributed by atoms with E-state index >= 15 is 0 Å². The number of ether oxygens (including phenoxy) is 3. The number of hydrogen-bond donors (Lipinski definition) is 1. The number of hydrogen-bond acceptors (Lipinski definition) is 7. The third-order valence-electron chi connectivity index (χ3n) is 3.85. The molecule has 0 aromatic carbocycles. The summed E-state index contributed by atoms with van der Waals surface area (Å²) in [5.74, 6) is -1.71. The van der Waals surface area contributed by atoms with Gasteiger partial charge in [-0.3, -0.25) is 19.7 Å². The molecule has 1 saturated carbocycles. The average molecular weight is 327 g/mol. The zero-order valence-corrected chi connectivity index (χ0v) is 13.0. The zero-order valence-electron chi connectivity index (χ0n) is 13.0. The van der Waals surface area contributed by atoms with Crippen LogP contribution in [0.25, 0.3) is 0 Å². The average Bonchev–Trinajstić information content (AvgIpc) is 3.09. The number of carbonyl (C=O) groups excluding carboxylic acids is 4. The normalized spacial score (nSPS) is 22.6. The van der Waals surface area contributed by atoms with E-state index in [1.54, 1.807) is 0 Å². The molecule has 1 saturated heterocycles. The van der Waals surface area contributed by atoms with Crippen molar-refractivity contribution in [1.29, 1.82) is 0 Å². The molecule has 1 aliphatic heterocycles. The molecule has 2 fully saturated rings. The molecule has 23 heavy (non-hydrogen) atoms. The van der Waals surface area contributed by atoms with Crippen LogP contribution in [0.3, 0.4) is 0 Å². The van der Waals surface area contributed by atoms with Crippen molar-refractivity contribution >= 4 is 23.9 Å².